The van der Waals surface area contributed by atoms with Crippen LogP contribution in [0.2, 0.25) is 5.02 Å². The lowest BCUT2D eigenvalue weighted by atomic mass is 9.95. The molecule has 1 atom stereocenters. The van der Waals surface area contributed by atoms with Crippen LogP contribution < -0.4 is 5.32 Å². The van der Waals surface area contributed by atoms with Crippen LogP contribution in [0.15, 0.2) is 73.2 Å². The average Bonchev–Trinajstić information content (AvgIpc) is 3.38. The second-order valence-electron chi connectivity index (χ2n) is 6.98. The van der Waals surface area contributed by atoms with Gasteiger partial charge in [-0.3, -0.25) is 9.20 Å². The molecule has 6 nitrogen and oxygen atoms in total. The molecule has 0 aliphatic carbocycles. The summed E-state index contributed by atoms with van der Waals surface area (Å²) >= 11 is 6.03. The van der Waals surface area contributed by atoms with Gasteiger partial charge in [0.05, 0.1) is 0 Å². The van der Waals surface area contributed by atoms with Gasteiger partial charge in [0, 0.05) is 55.5 Å². The zero-order valence-corrected chi connectivity index (χ0v) is 16.7. The van der Waals surface area contributed by atoms with Crippen molar-refractivity contribution in [2.75, 3.05) is 6.54 Å². The molecule has 3 aromatic heterocycles. The molecule has 4 aromatic rings. The van der Waals surface area contributed by atoms with Crippen LogP contribution in [0.3, 0.4) is 0 Å². The Morgan fingerprint density at radius 3 is 2.55 bits per heavy atom. The zero-order valence-electron chi connectivity index (χ0n) is 15.9. The van der Waals surface area contributed by atoms with Crippen LogP contribution in [0.25, 0.3) is 5.65 Å². The number of aromatic nitrogens is 4. The third-order valence-electron chi connectivity index (χ3n) is 4.93. The molecule has 3 heterocycles. The van der Waals surface area contributed by atoms with Crippen molar-refractivity contribution in [1.82, 2.24) is 24.5 Å². The SMILES string of the molecule is O=C(CC(Cn1cccc1)c1ccc(Cl)cc1)NCCc1nnc2ccccn12. The molecule has 148 valence electrons. The maximum atomic E-state index is 12.6. The number of carbonyl (C=O) groups excluding carboxylic acids is 1. The van der Waals surface area contributed by atoms with Gasteiger partial charge < -0.3 is 9.88 Å². The minimum Gasteiger partial charge on any atom is -0.356 e. The number of fused-ring (bicyclic) bond motifs is 1. The van der Waals surface area contributed by atoms with Crippen molar-refractivity contribution in [1.29, 1.82) is 0 Å². The number of halogens is 1. The highest BCUT2D eigenvalue weighted by Crippen LogP contribution is 2.24. The fraction of sp³-hybridized carbons (Fsp3) is 0.227. The van der Waals surface area contributed by atoms with E-state index in [1.54, 1.807) is 0 Å². The van der Waals surface area contributed by atoms with E-state index in [2.05, 4.69) is 20.1 Å². The first-order valence-corrected chi connectivity index (χ1v) is 9.98. The van der Waals surface area contributed by atoms with Crippen LogP contribution in [0.5, 0.6) is 0 Å². The Morgan fingerprint density at radius 1 is 1.00 bits per heavy atom. The number of hydrogen-bond donors (Lipinski definition) is 1. The molecule has 0 saturated carbocycles. The number of nitrogens with zero attached hydrogens (tertiary/aromatic N) is 4. The summed E-state index contributed by atoms with van der Waals surface area (Å²) in [5, 5.41) is 12.1. The van der Waals surface area contributed by atoms with Gasteiger partial charge in [-0.1, -0.05) is 29.8 Å². The van der Waals surface area contributed by atoms with Crippen LogP contribution >= 0.6 is 11.6 Å². The molecule has 1 N–H and O–H groups in total. The normalized spacial score (nSPS) is 12.2. The zero-order chi connectivity index (χ0) is 20.1. The lowest BCUT2D eigenvalue weighted by Crippen LogP contribution is -2.28. The van der Waals surface area contributed by atoms with Gasteiger partial charge in [-0.2, -0.15) is 0 Å². The number of hydrogen-bond acceptors (Lipinski definition) is 3. The van der Waals surface area contributed by atoms with E-state index in [1.807, 2.05) is 77.6 Å². The molecule has 0 aliphatic rings. The molecule has 0 spiro atoms. The maximum absolute atomic E-state index is 12.6. The van der Waals surface area contributed by atoms with E-state index in [-0.39, 0.29) is 11.8 Å². The standard InChI is InChI=1S/C22H22ClN5O/c23-19-8-6-17(7-9-19)18(16-27-12-3-4-13-27)15-22(29)24-11-10-21-26-25-20-5-1-2-14-28(20)21/h1-9,12-14,18H,10-11,15-16H2,(H,24,29). The monoisotopic (exact) mass is 407 g/mol. The third kappa shape index (κ3) is 4.84. The average molecular weight is 408 g/mol. The third-order valence-corrected chi connectivity index (χ3v) is 5.18. The van der Waals surface area contributed by atoms with Gasteiger partial charge in [0.1, 0.15) is 5.82 Å². The molecular formula is C22H22ClN5O. The Labute approximate surface area is 174 Å². The molecule has 0 aliphatic heterocycles. The first kappa shape index (κ1) is 19.2. The molecule has 1 amide bonds. The lowest BCUT2D eigenvalue weighted by Gasteiger charge is -2.18. The van der Waals surface area contributed by atoms with E-state index in [4.69, 9.17) is 11.6 Å². The van der Waals surface area contributed by atoms with Gasteiger partial charge >= 0.3 is 0 Å². The van der Waals surface area contributed by atoms with Gasteiger partial charge in [-0.25, -0.2) is 0 Å². The van der Waals surface area contributed by atoms with Crippen molar-refractivity contribution in [3.05, 3.63) is 89.6 Å². The summed E-state index contributed by atoms with van der Waals surface area (Å²) in [5.41, 5.74) is 1.91. The summed E-state index contributed by atoms with van der Waals surface area (Å²) in [6.45, 7) is 1.25. The summed E-state index contributed by atoms with van der Waals surface area (Å²) < 4.78 is 4.03. The number of benzene rings is 1. The number of rotatable bonds is 8. The van der Waals surface area contributed by atoms with Crippen molar-refractivity contribution >= 4 is 23.2 Å². The van der Waals surface area contributed by atoms with Crippen LogP contribution in [0.1, 0.15) is 23.7 Å². The van der Waals surface area contributed by atoms with E-state index in [1.165, 1.54) is 0 Å². The van der Waals surface area contributed by atoms with Gasteiger partial charge in [0.2, 0.25) is 5.91 Å². The first-order chi connectivity index (χ1) is 14.2. The molecule has 0 fully saturated rings. The Balaban J connectivity index is 1.37. The Kier molecular flexibility index (Phi) is 5.91. The molecule has 1 aromatic carbocycles. The fourth-order valence-electron chi connectivity index (χ4n) is 3.44. The fourth-order valence-corrected chi connectivity index (χ4v) is 3.57. The lowest BCUT2D eigenvalue weighted by molar-refractivity contribution is -0.121. The first-order valence-electron chi connectivity index (χ1n) is 9.60. The highest BCUT2D eigenvalue weighted by Gasteiger charge is 2.17. The van der Waals surface area contributed by atoms with Crippen molar-refractivity contribution in [2.45, 2.75) is 25.3 Å². The summed E-state index contributed by atoms with van der Waals surface area (Å²) in [7, 11) is 0. The van der Waals surface area contributed by atoms with Crippen LogP contribution in [-0.4, -0.2) is 31.6 Å². The van der Waals surface area contributed by atoms with Gasteiger partial charge in [-0.05, 0) is 42.0 Å². The largest absolute Gasteiger partial charge is 0.356 e. The van der Waals surface area contributed by atoms with Crippen molar-refractivity contribution in [3.8, 4) is 0 Å². The van der Waals surface area contributed by atoms with Crippen molar-refractivity contribution < 1.29 is 4.79 Å². The molecular weight excluding hydrogens is 386 g/mol. The second kappa shape index (κ2) is 8.92. The van der Waals surface area contributed by atoms with Gasteiger partial charge in [0.25, 0.3) is 0 Å². The summed E-state index contributed by atoms with van der Waals surface area (Å²) in [4.78, 5) is 12.6. The second-order valence-corrected chi connectivity index (χ2v) is 7.41. The predicted octanol–water partition coefficient (Wildman–Crippen LogP) is 3.72. The van der Waals surface area contributed by atoms with E-state index in [9.17, 15) is 4.79 Å². The number of pyridine rings is 1. The summed E-state index contributed by atoms with van der Waals surface area (Å²) in [6, 6.07) is 17.5. The highest BCUT2D eigenvalue weighted by atomic mass is 35.5. The number of nitrogens with one attached hydrogen (secondary N) is 1. The highest BCUT2D eigenvalue weighted by molar-refractivity contribution is 6.30. The quantitative estimate of drug-likeness (QED) is 0.484. The summed E-state index contributed by atoms with van der Waals surface area (Å²) in [5.74, 6) is 0.919. The molecule has 7 heteroatoms. The maximum Gasteiger partial charge on any atom is 0.220 e. The van der Waals surface area contributed by atoms with Crippen LogP contribution in [0, 0.1) is 0 Å². The Hall–Kier alpha value is -3.12. The van der Waals surface area contributed by atoms with Gasteiger partial charge in [-0.15, -0.1) is 10.2 Å². The van der Waals surface area contributed by atoms with E-state index in [0.29, 0.717) is 24.4 Å². The van der Waals surface area contributed by atoms with E-state index in [0.717, 1.165) is 23.6 Å². The molecule has 0 bridgehead atoms. The Morgan fingerprint density at radius 2 is 1.76 bits per heavy atom. The van der Waals surface area contributed by atoms with Crippen molar-refractivity contribution in [3.63, 3.8) is 0 Å². The topological polar surface area (TPSA) is 64.2 Å². The van der Waals surface area contributed by atoms with Crippen LogP contribution in [-0.2, 0) is 17.8 Å². The number of amides is 1. The van der Waals surface area contributed by atoms with Crippen molar-refractivity contribution in [2.24, 2.45) is 0 Å². The minimum absolute atomic E-state index is 0.0194. The molecule has 1 unspecified atom stereocenters. The van der Waals surface area contributed by atoms with E-state index < -0.39 is 0 Å². The van der Waals surface area contributed by atoms with Crippen LogP contribution in [0.4, 0.5) is 0 Å². The molecule has 29 heavy (non-hydrogen) atoms. The Bertz CT molecular complexity index is 1070. The smallest absolute Gasteiger partial charge is 0.220 e. The predicted molar refractivity (Wildman–Crippen MR) is 113 cm³/mol. The van der Waals surface area contributed by atoms with Gasteiger partial charge in [0.15, 0.2) is 5.65 Å². The molecule has 4 rings (SSSR count). The molecule has 0 radical (unpaired) electrons. The number of carbonyl (C=O) groups is 1. The summed E-state index contributed by atoms with van der Waals surface area (Å²) in [6.07, 6.45) is 6.98. The molecule has 0 saturated heterocycles. The van der Waals surface area contributed by atoms with E-state index >= 15 is 0 Å². The minimum atomic E-state index is 0.0194.